The quantitative estimate of drug-likeness (QED) is 0.908. The van der Waals surface area contributed by atoms with Crippen LogP contribution in [0.15, 0.2) is 5.38 Å². The van der Waals surface area contributed by atoms with E-state index in [0.29, 0.717) is 12.2 Å². The van der Waals surface area contributed by atoms with Gasteiger partial charge in [-0.15, -0.1) is 11.3 Å². The molecule has 1 aromatic rings. The lowest BCUT2D eigenvalue weighted by atomic mass is 9.93. The van der Waals surface area contributed by atoms with Gasteiger partial charge in [0.2, 0.25) is 0 Å². The number of nitrogens with two attached hydrogens (primary N) is 1. The highest BCUT2D eigenvalue weighted by Crippen LogP contribution is 2.46. The van der Waals surface area contributed by atoms with Crippen molar-refractivity contribution in [2.45, 2.75) is 38.1 Å². The molecule has 1 amide bonds. The highest BCUT2D eigenvalue weighted by atomic mass is 32.1. The van der Waals surface area contributed by atoms with E-state index in [2.05, 4.69) is 9.88 Å². The lowest BCUT2D eigenvalue weighted by molar-refractivity contribution is 0.0491. The molecule has 3 aliphatic rings. The molecule has 23 heavy (non-hydrogen) atoms. The number of carbonyl (C=O) groups excluding carboxylic acids is 1. The molecular weight excluding hydrogens is 308 g/mol. The van der Waals surface area contributed by atoms with Gasteiger partial charge >= 0.3 is 0 Å². The van der Waals surface area contributed by atoms with Crippen molar-refractivity contribution in [3.63, 3.8) is 0 Å². The van der Waals surface area contributed by atoms with Crippen molar-refractivity contribution in [2.75, 3.05) is 32.7 Å². The van der Waals surface area contributed by atoms with E-state index >= 15 is 0 Å². The maximum atomic E-state index is 12.6. The Balaban J connectivity index is 1.32. The lowest BCUT2D eigenvalue weighted by Gasteiger charge is -2.40. The molecule has 3 fully saturated rings. The molecule has 0 spiro atoms. The van der Waals surface area contributed by atoms with Crippen LogP contribution in [0, 0.1) is 11.8 Å². The summed E-state index contributed by atoms with van der Waals surface area (Å²) in [5, 5.41) is 2.85. The molecule has 0 aromatic carbocycles. The molecule has 5 nitrogen and oxygen atoms in total. The predicted octanol–water partition coefficient (Wildman–Crippen LogP) is 1.59. The number of fused-ring (bicyclic) bond motifs is 2. The highest BCUT2D eigenvalue weighted by Gasteiger charge is 2.43. The number of hydrogen-bond donors (Lipinski definition) is 1. The fraction of sp³-hybridized carbons (Fsp3) is 0.765. The van der Waals surface area contributed by atoms with E-state index in [0.717, 1.165) is 55.5 Å². The van der Waals surface area contributed by atoms with Crippen molar-refractivity contribution in [1.82, 2.24) is 14.8 Å². The second-order valence-corrected chi connectivity index (χ2v) is 8.18. The number of aromatic nitrogens is 1. The first-order chi connectivity index (χ1) is 11.2. The van der Waals surface area contributed by atoms with Crippen molar-refractivity contribution in [3.05, 3.63) is 16.1 Å². The van der Waals surface area contributed by atoms with Gasteiger partial charge in [0.1, 0.15) is 5.69 Å². The first kappa shape index (κ1) is 15.5. The molecule has 2 saturated carbocycles. The normalized spacial score (nSPS) is 31.0. The van der Waals surface area contributed by atoms with E-state index in [-0.39, 0.29) is 5.91 Å². The van der Waals surface area contributed by atoms with E-state index in [1.54, 1.807) is 11.3 Å². The number of nitrogens with zero attached hydrogens (tertiary/aromatic N) is 3. The van der Waals surface area contributed by atoms with Crippen molar-refractivity contribution in [1.29, 1.82) is 0 Å². The molecule has 6 heteroatoms. The van der Waals surface area contributed by atoms with Gasteiger partial charge in [-0.3, -0.25) is 9.69 Å². The molecule has 1 saturated heterocycles. The largest absolute Gasteiger partial charge is 0.335 e. The Hall–Kier alpha value is -0.980. The van der Waals surface area contributed by atoms with Crippen LogP contribution >= 0.6 is 11.3 Å². The van der Waals surface area contributed by atoms with Gasteiger partial charge in [-0.25, -0.2) is 4.98 Å². The standard InChI is InChI=1S/C17H26N4OS/c18-4-3-16-19-14(11-23-16)17(22)21-7-5-20(6-8-21)15-10-12-1-2-13(15)9-12/h11-13,15H,1-10,18H2. The third-order valence-electron chi connectivity index (χ3n) is 5.90. The number of carbonyl (C=O) groups is 1. The fourth-order valence-electron chi connectivity index (χ4n) is 4.72. The van der Waals surface area contributed by atoms with Gasteiger partial charge < -0.3 is 10.6 Å². The van der Waals surface area contributed by atoms with Crippen molar-refractivity contribution in [3.8, 4) is 0 Å². The van der Waals surface area contributed by atoms with Crippen molar-refractivity contribution < 1.29 is 4.79 Å². The zero-order valence-corrected chi connectivity index (χ0v) is 14.4. The van der Waals surface area contributed by atoms with Crippen LogP contribution in [-0.4, -0.2) is 59.5 Å². The molecular formula is C17H26N4OS. The third kappa shape index (κ3) is 3.04. The molecule has 126 valence electrons. The minimum Gasteiger partial charge on any atom is -0.335 e. The van der Waals surface area contributed by atoms with E-state index in [1.807, 2.05) is 10.3 Å². The van der Waals surface area contributed by atoms with Gasteiger partial charge in [-0.1, -0.05) is 6.42 Å². The van der Waals surface area contributed by atoms with E-state index in [9.17, 15) is 4.79 Å². The summed E-state index contributed by atoms with van der Waals surface area (Å²) in [6.07, 6.45) is 6.49. The van der Waals surface area contributed by atoms with Crippen molar-refractivity contribution in [2.24, 2.45) is 17.6 Å². The predicted molar refractivity (Wildman–Crippen MR) is 91.6 cm³/mol. The first-order valence-corrected chi connectivity index (χ1v) is 9.80. The summed E-state index contributed by atoms with van der Waals surface area (Å²) in [7, 11) is 0. The maximum absolute atomic E-state index is 12.6. The second-order valence-electron chi connectivity index (χ2n) is 7.24. The number of piperazine rings is 1. The molecule has 2 heterocycles. The van der Waals surface area contributed by atoms with Crippen LogP contribution in [-0.2, 0) is 6.42 Å². The van der Waals surface area contributed by atoms with Crippen LogP contribution in [0.25, 0.3) is 0 Å². The van der Waals surface area contributed by atoms with Crippen LogP contribution in [0.4, 0.5) is 0 Å². The fourth-order valence-corrected chi connectivity index (χ4v) is 5.51. The molecule has 3 unspecified atom stereocenters. The van der Waals surface area contributed by atoms with Gasteiger partial charge in [0.05, 0.1) is 5.01 Å². The second kappa shape index (κ2) is 6.49. The molecule has 3 atom stereocenters. The van der Waals surface area contributed by atoms with E-state index < -0.39 is 0 Å². The third-order valence-corrected chi connectivity index (χ3v) is 6.81. The summed E-state index contributed by atoms with van der Waals surface area (Å²) >= 11 is 1.55. The van der Waals surface area contributed by atoms with E-state index in [1.165, 1.54) is 25.7 Å². The molecule has 4 rings (SSSR count). The van der Waals surface area contributed by atoms with Crippen LogP contribution in [0.5, 0.6) is 0 Å². The average molecular weight is 334 g/mol. The summed E-state index contributed by atoms with van der Waals surface area (Å²) in [5.74, 6) is 2.01. The van der Waals surface area contributed by atoms with Crippen LogP contribution in [0.3, 0.4) is 0 Å². The Morgan fingerprint density at radius 2 is 2.09 bits per heavy atom. The minimum absolute atomic E-state index is 0.0946. The summed E-state index contributed by atoms with van der Waals surface area (Å²) in [6, 6.07) is 0.793. The highest BCUT2D eigenvalue weighted by molar-refractivity contribution is 7.09. The summed E-state index contributed by atoms with van der Waals surface area (Å²) in [6.45, 7) is 4.33. The smallest absolute Gasteiger partial charge is 0.273 e. The summed E-state index contributed by atoms with van der Waals surface area (Å²) in [5.41, 5.74) is 6.16. The number of amides is 1. The van der Waals surface area contributed by atoms with Crippen LogP contribution in [0.1, 0.15) is 41.2 Å². The average Bonchev–Trinajstić information content (AvgIpc) is 3.31. The minimum atomic E-state index is 0.0946. The molecule has 2 bridgehead atoms. The Morgan fingerprint density at radius 1 is 1.26 bits per heavy atom. The molecule has 1 aromatic heterocycles. The van der Waals surface area contributed by atoms with Crippen LogP contribution < -0.4 is 5.73 Å². The Morgan fingerprint density at radius 3 is 2.74 bits per heavy atom. The van der Waals surface area contributed by atoms with E-state index in [4.69, 9.17) is 5.73 Å². The summed E-state index contributed by atoms with van der Waals surface area (Å²) < 4.78 is 0. The Labute approximate surface area is 141 Å². The van der Waals surface area contributed by atoms with Crippen molar-refractivity contribution >= 4 is 17.2 Å². The molecule has 1 aliphatic heterocycles. The number of thiazole rings is 1. The molecule has 2 aliphatic carbocycles. The van der Waals surface area contributed by atoms with Gasteiger partial charge in [0.25, 0.3) is 5.91 Å². The van der Waals surface area contributed by atoms with Crippen LogP contribution in [0.2, 0.25) is 0 Å². The SMILES string of the molecule is NCCc1nc(C(=O)N2CCN(C3CC4CCC3C4)CC2)cs1. The number of rotatable bonds is 4. The summed E-state index contributed by atoms with van der Waals surface area (Å²) in [4.78, 5) is 21.7. The molecule has 2 N–H and O–H groups in total. The van der Waals surface area contributed by atoms with Gasteiger partial charge in [0.15, 0.2) is 0 Å². The number of hydrogen-bond acceptors (Lipinski definition) is 5. The van der Waals surface area contributed by atoms with Gasteiger partial charge in [-0.05, 0) is 37.6 Å². The monoisotopic (exact) mass is 334 g/mol. The topological polar surface area (TPSA) is 62.5 Å². The lowest BCUT2D eigenvalue weighted by Crippen LogP contribution is -2.53. The maximum Gasteiger partial charge on any atom is 0.273 e. The Kier molecular flexibility index (Phi) is 4.39. The van der Waals surface area contributed by atoms with Gasteiger partial charge in [0, 0.05) is 44.0 Å². The zero-order chi connectivity index (χ0) is 15.8. The van der Waals surface area contributed by atoms with Gasteiger partial charge in [-0.2, -0.15) is 0 Å². The zero-order valence-electron chi connectivity index (χ0n) is 13.6. The first-order valence-electron chi connectivity index (χ1n) is 8.92. The Bertz CT molecular complexity index is 567. The molecule has 0 radical (unpaired) electrons.